The number of fused-ring (bicyclic) bond motifs is 1. The second kappa shape index (κ2) is 8.66. The van der Waals surface area contributed by atoms with Crippen LogP contribution in [0.25, 0.3) is 0 Å². The van der Waals surface area contributed by atoms with E-state index in [4.69, 9.17) is 4.74 Å². The van der Waals surface area contributed by atoms with E-state index < -0.39 is 5.97 Å². The first-order valence-electron chi connectivity index (χ1n) is 9.43. The Morgan fingerprint density at radius 3 is 2.42 bits per heavy atom. The Balaban J connectivity index is 1.69. The number of nitrogens with one attached hydrogen (secondary N) is 1. The SMILES string of the molecule is CC(=O)Nc1sc2c(c1C(=O)OCC(=O)N1CCCCCC1)CCCC2. The lowest BCUT2D eigenvalue weighted by Crippen LogP contribution is -2.35. The molecule has 0 atom stereocenters. The Bertz CT molecular complexity index is 690. The number of aryl methyl sites for hydroxylation is 1. The van der Waals surface area contributed by atoms with Crippen molar-refractivity contribution < 1.29 is 19.1 Å². The van der Waals surface area contributed by atoms with Crippen LogP contribution in [0.3, 0.4) is 0 Å². The number of hydrogen-bond donors (Lipinski definition) is 1. The van der Waals surface area contributed by atoms with Gasteiger partial charge in [-0.2, -0.15) is 0 Å². The molecule has 2 amide bonds. The number of esters is 1. The van der Waals surface area contributed by atoms with Crippen molar-refractivity contribution in [3.63, 3.8) is 0 Å². The van der Waals surface area contributed by atoms with Crippen LogP contribution in [0.1, 0.15) is 66.2 Å². The summed E-state index contributed by atoms with van der Waals surface area (Å²) in [6.07, 6.45) is 8.15. The van der Waals surface area contributed by atoms with Crippen molar-refractivity contribution in [2.75, 3.05) is 25.0 Å². The topological polar surface area (TPSA) is 75.7 Å². The van der Waals surface area contributed by atoms with E-state index in [0.717, 1.165) is 74.9 Å². The number of carbonyl (C=O) groups excluding carboxylic acids is 3. The van der Waals surface area contributed by atoms with Crippen molar-refractivity contribution in [1.82, 2.24) is 4.90 Å². The van der Waals surface area contributed by atoms with Gasteiger partial charge in [-0.3, -0.25) is 9.59 Å². The minimum absolute atomic E-state index is 0.134. The smallest absolute Gasteiger partial charge is 0.341 e. The molecule has 0 spiro atoms. The van der Waals surface area contributed by atoms with Crippen LogP contribution in [0.4, 0.5) is 5.00 Å². The fourth-order valence-corrected chi connectivity index (χ4v) is 4.96. The van der Waals surface area contributed by atoms with Gasteiger partial charge in [0.1, 0.15) is 5.00 Å². The van der Waals surface area contributed by atoms with Crippen LogP contribution in [-0.4, -0.2) is 42.4 Å². The van der Waals surface area contributed by atoms with Gasteiger partial charge in [0, 0.05) is 24.9 Å². The molecule has 0 unspecified atom stereocenters. The van der Waals surface area contributed by atoms with E-state index in [-0.39, 0.29) is 18.4 Å². The summed E-state index contributed by atoms with van der Waals surface area (Å²) in [7, 11) is 0. The molecule has 1 aromatic heterocycles. The monoisotopic (exact) mass is 378 g/mol. The van der Waals surface area contributed by atoms with Gasteiger partial charge in [-0.25, -0.2) is 4.79 Å². The molecule has 3 rings (SSSR count). The minimum Gasteiger partial charge on any atom is -0.452 e. The third-order valence-electron chi connectivity index (χ3n) is 4.95. The van der Waals surface area contributed by atoms with Crippen LogP contribution in [0.15, 0.2) is 0 Å². The van der Waals surface area contributed by atoms with Crippen molar-refractivity contribution >= 4 is 34.1 Å². The van der Waals surface area contributed by atoms with Crippen molar-refractivity contribution in [3.8, 4) is 0 Å². The molecule has 7 heteroatoms. The van der Waals surface area contributed by atoms with Gasteiger partial charge in [0.2, 0.25) is 5.91 Å². The normalized spacial score (nSPS) is 17.2. The van der Waals surface area contributed by atoms with Crippen molar-refractivity contribution in [2.24, 2.45) is 0 Å². The number of likely N-dealkylation sites (tertiary alicyclic amines) is 1. The molecular formula is C19H26N2O4S. The predicted octanol–water partition coefficient (Wildman–Crippen LogP) is 3.14. The highest BCUT2D eigenvalue weighted by atomic mass is 32.1. The van der Waals surface area contributed by atoms with Crippen LogP contribution < -0.4 is 5.32 Å². The number of hydrogen-bond acceptors (Lipinski definition) is 5. The second-order valence-electron chi connectivity index (χ2n) is 6.97. The first-order chi connectivity index (χ1) is 12.6. The maximum absolute atomic E-state index is 12.7. The summed E-state index contributed by atoms with van der Waals surface area (Å²) >= 11 is 1.46. The number of thiophene rings is 1. The second-order valence-corrected chi connectivity index (χ2v) is 8.07. The molecule has 1 aromatic rings. The van der Waals surface area contributed by atoms with Gasteiger partial charge < -0.3 is 15.0 Å². The van der Waals surface area contributed by atoms with E-state index >= 15 is 0 Å². The molecule has 1 N–H and O–H groups in total. The zero-order chi connectivity index (χ0) is 18.5. The van der Waals surface area contributed by atoms with Gasteiger partial charge in [0.05, 0.1) is 5.56 Å². The lowest BCUT2D eigenvalue weighted by molar-refractivity contribution is -0.134. The standard InChI is InChI=1S/C19H26N2O4S/c1-13(22)20-18-17(14-8-4-5-9-15(14)26-18)19(24)25-12-16(23)21-10-6-2-3-7-11-21/h2-12H2,1H3,(H,20,22). The molecule has 1 saturated heterocycles. The van der Waals surface area contributed by atoms with Crippen LogP contribution in [-0.2, 0) is 27.2 Å². The van der Waals surface area contributed by atoms with Gasteiger partial charge in [-0.05, 0) is 44.1 Å². The number of rotatable bonds is 4. The number of ether oxygens (including phenoxy) is 1. The van der Waals surface area contributed by atoms with Gasteiger partial charge in [-0.1, -0.05) is 12.8 Å². The van der Waals surface area contributed by atoms with Gasteiger partial charge >= 0.3 is 5.97 Å². The van der Waals surface area contributed by atoms with Crippen molar-refractivity contribution in [2.45, 2.75) is 58.3 Å². The summed E-state index contributed by atoms with van der Waals surface area (Å²) in [5.74, 6) is -0.847. The number of carbonyl (C=O) groups is 3. The molecule has 6 nitrogen and oxygen atoms in total. The largest absolute Gasteiger partial charge is 0.452 e. The van der Waals surface area contributed by atoms with Crippen LogP contribution in [0.2, 0.25) is 0 Å². The molecule has 2 aliphatic rings. The fraction of sp³-hybridized carbons (Fsp3) is 0.632. The molecule has 0 saturated carbocycles. The van der Waals surface area contributed by atoms with Crippen molar-refractivity contribution in [1.29, 1.82) is 0 Å². The maximum Gasteiger partial charge on any atom is 0.341 e. The van der Waals surface area contributed by atoms with E-state index in [2.05, 4.69) is 5.32 Å². The van der Waals surface area contributed by atoms with Gasteiger partial charge in [-0.15, -0.1) is 11.3 Å². The highest BCUT2D eigenvalue weighted by molar-refractivity contribution is 7.17. The molecule has 0 aromatic carbocycles. The zero-order valence-corrected chi connectivity index (χ0v) is 16.1. The Labute approximate surface area is 157 Å². The summed E-state index contributed by atoms with van der Waals surface area (Å²) in [5, 5.41) is 3.31. The molecule has 142 valence electrons. The van der Waals surface area contributed by atoms with E-state index in [0.29, 0.717) is 10.6 Å². The lowest BCUT2D eigenvalue weighted by atomic mass is 9.95. The molecule has 0 radical (unpaired) electrons. The minimum atomic E-state index is -0.503. The highest BCUT2D eigenvalue weighted by Crippen LogP contribution is 2.38. The predicted molar refractivity (Wildman–Crippen MR) is 101 cm³/mol. The number of anilines is 1. The molecule has 1 aliphatic heterocycles. The van der Waals surface area contributed by atoms with E-state index in [1.54, 1.807) is 4.90 Å². The summed E-state index contributed by atoms with van der Waals surface area (Å²) in [6, 6.07) is 0. The van der Waals surface area contributed by atoms with Crippen molar-refractivity contribution in [3.05, 3.63) is 16.0 Å². The number of amides is 2. The first-order valence-corrected chi connectivity index (χ1v) is 10.2. The van der Waals surface area contributed by atoms with Crippen LogP contribution >= 0.6 is 11.3 Å². The maximum atomic E-state index is 12.7. The van der Waals surface area contributed by atoms with Gasteiger partial charge in [0.15, 0.2) is 6.61 Å². The summed E-state index contributed by atoms with van der Waals surface area (Å²) < 4.78 is 5.36. The third-order valence-corrected chi connectivity index (χ3v) is 6.16. The first kappa shape index (κ1) is 18.9. The Morgan fingerprint density at radius 2 is 1.73 bits per heavy atom. The molecule has 26 heavy (non-hydrogen) atoms. The Kier molecular flexibility index (Phi) is 6.29. The summed E-state index contributed by atoms with van der Waals surface area (Å²) in [6.45, 7) is 2.67. The molecule has 1 aliphatic carbocycles. The Morgan fingerprint density at radius 1 is 1.04 bits per heavy atom. The molecular weight excluding hydrogens is 352 g/mol. The van der Waals surface area contributed by atoms with E-state index in [1.165, 1.54) is 18.3 Å². The van der Waals surface area contributed by atoms with Crippen LogP contribution in [0, 0.1) is 0 Å². The highest BCUT2D eigenvalue weighted by Gasteiger charge is 2.28. The van der Waals surface area contributed by atoms with E-state index in [9.17, 15) is 14.4 Å². The van der Waals surface area contributed by atoms with Gasteiger partial charge in [0.25, 0.3) is 5.91 Å². The average Bonchev–Trinajstić information content (AvgIpc) is 2.79. The average molecular weight is 378 g/mol. The fourth-order valence-electron chi connectivity index (χ4n) is 3.64. The molecule has 1 fully saturated rings. The molecule has 2 heterocycles. The quantitative estimate of drug-likeness (QED) is 0.817. The van der Waals surface area contributed by atoms with Crippen LogP contribution in [0.5, 0.6) is 0 Å². The van der Waals surface area contributed by atoms with E-state index in [1.807, 2.05) is 0 Å². The Hall–Kier alpha value is -1.89. The summed E-state index contributed by atoms with van der Waals surface area (Å²) in [4.78, 5) is 39.5. The number of nitrogens with zero attached hydrogens (tertiary/aromatic N) is 1. The summed E-state index contributed by atoms with van der Waals surface area (Å²) in [5.41, 5.74) is 1.43. The zero-order valence-electron chi connectivity index (χ0n) is 15.3. The lowest BCUT2D eigenvalue weighted by Gasteiger charge is -2.20. The molecule has 0 bridgehead atoms. The third kappa shape index (κ3) is 4.44.